The highest BCUT2D eigenvalue weighted by molar-refractivity contribution is 5.78. The first kappa shape index (κ1) is 20.2. The zero-order valence-electron chi connectivity index (χ0n) is 16.9. The molecule has 0 unspecified atom stereocenters. The zero-order chi connectivity index (χ0) is 19.1. The molecule has 2 fully saturated rings. The second-order valence-corrected chi connectivity index (χ2v) is 8.29. The van der Waals surface area contributed by atoms with E-state index < -0.39 is 0 Å². The maximum Gasteiger partial charge on any atom is 0.224 e. The SMILES string of the molecule is CN(C)CCNC(=O)[C@H]1CCCN(C2CCN(Cc3ccncc3)CC2)C1. The van der Waals surface area contributed by atoms with Crippen molar-refractivity contribution in [3.05, 3.63) is 30.1 Å². The molecular weight excluding hydrogens is 338 g/mol. The summed E-state index contributed by atoms with van der Waals surface area (Å²) in [5.41, 5.74) is 1.34. The Bertz CT molecular complexity index is 571. The highest BCUT2D eigenvalue weighted by Crippen LogP contribution is 2.24. The Labute approximate surface area is 163 Å². The van der Waals surface area contributed by atoms with E-state index in [2.05, 4.69) is 37.1 Å². The molecule has 0 radical (unpaired) electrons. The third-order valence-corrected chi connectivity index (χ3v) is 5.91. The molecule has 3 rings (SSSR count). The molecule has 3 heterocycles. The standard InChI is InChI=1S/C21H35N5O/c1-24(2)15-11-23-21(27)19-4-3-12-26(17-19)20-7-13-25(14-8-20)16-18-5-9-22-10-6-18/h5-6,9-10,19-20H,3-4,7-8,11-17H2,1-2H3,(H,23,27)/t19-/m0/s1. The van der Waals surface area contributed by atoms with E-state index >= 15 is 0 Å². The predicted molar refractivity (Wildman–Crippen MR) is 108 cm³/mol. The molecule has 1 atom stereocenters. The van der Waals surface area contributed by atoms with Crippen LogP contribution in [0.15, 0.2) is 24.5 Å². The summed E-state index contributed by atoms with van der Waals surface area (Å²) in [5, 5.41) is 3.12. The van der Waals surface area contributed by atoms with Gasteiger partial charge in [0.25, 0.3) is 0 Å². The monoisotopic (exact) mass is 373 g/mol. The van der Waals surface area contributed by atoms with Crippen LogP contribution in [0.25, 0.3) is 0 Å². The molecule has 2 aliphatic rings. The highest BCUT2D eigenvalue weighted by atomic mass is 16.1. The second-order valence-electron chi connectivity index (χ2n) is 8.29. The molecular formula is C21H35N5O. The van der Waals surface area contributed by atoms with Crippen molar-refractivity contribution in [1.29, 1.82) is 0 Å². The summed E-state index contributed by atoms with van der Waals surface area (Å²) in [6, 6.07) is 4.85. The van der Waals surface area contributed by atoms with Gasteiger partial charge >= 0.3 is 0 Å². The van der Waals surface area contributed by atoms with Gasteiger partial charge in [0.15, 0.2) is 0 Å². The number of hydrogen-bond donors (Lipinski definition) is 1. The summed E-state index contributed by atoms with van der Waals surface area (Å²) < 4.78 is 0. The maximum atomic E-state index is 12.5. The molecule has 1 aromatic rings. The fourth-order valence-electron chi connectivity index (χ4n) is 4.29. The Morgan fingerprint density at radius 2 is 1.93 bits per heavy atom. The Morgan fingerprint density at radius 3 is 2.63 bits per heavy atom. The van der Waals surface area contributed by atoms with Crippen LogP contribution in [0.4, 0.5) is 0 Å². The van der Waals surface area contributed by atoms with E-state index in [0.29, 0.717) is 6.04 Å². The molecule has 1 aromatic heterocycles. The van der Waals surface area contributed by atoms with Crippen molar-refractivity contribution in [3.8, 4) is 0 Å². The van der Waals surface area contributed by atoms with Gasteiger partial charge in [-0.25, -0.2) is 0 Å². The Balaban J connectivity index is 1.42. The number of carbonyl (C=O) groups is 1. The van der Waals surface area contributed by atoms with Crippen LogP contribution in [0.5, 0.6) is 0 Å². The number of pyridine rings is 1. The van der Waals surface area contributed by atoms with Crippen LogP contribution in [-0.4, -0.2) is 85.0 Å². The van der Waals surface area contributed by atoms with Gasteiger partial charge in [0, 0.05) is 44.6 Å². The largest absolute Gasteiger partial charge is 0.355 e. The van der Waals surface area contributed by atoms with Crippen LogP contribution in [0.2, 0.25) is 0 Å². The van der Waals surface area contributed by atoms with E-state index in [1.165, 1.54) is 18.4 Å². The molecule has 2 aliphatic heterocycles. The normalized spacial score (nSPS) is 22.9. The van der Waals surface area contributed by atoms with E-state index in [4.69, 9.17) is 0 Å². The summed E-state index contributed by atoms with van der Waals surface area (Å²) >= 11 is 0. The molecule has 0 aliphatic carbocycles. The van der Waals surface area contributed by atoms with Gasteiger partial charge in [-0.2, -0.15) is 0 Å². The van der Waals surface area contributed by atoms with Crippen LogP contribution in [-0.2, 0) is 11.3 Å². The zero-order valence-corrected chi connectivity index (χ0v) is 16.9. The molecule has 0 aromatic carbocycles. The number of carbonyl (C=O) groups excluding carboxylic acids is 1. The van der Waals surface area contributed by atoms with Crippen molar-refractivity contribution in [2.24, 2.45) is 5.92 Å². The van der Waals surface area contributed by atoms with Gasteiger partial charge in [-0.05, 0) is 77.1 Å². The molecule has 2 saturated heterocycles. The maximum absolute atomic E-state index is 12.5. The number of nitrogens with zero attached hydrogens (tertiary/aromatic N) is 4. The molecule has 150 valence electrons. The summed E-state index contributed by atoms with van der Waals surface area (Å²) in [4.78, 5) is 23.8. The lowest BCUT2D eigenvalue weighted by atomic mass is 9.93. The minimum absolute atomic E-state index is 0.163. The van der Waals surface area contributed by atoms with E-state index in [9.17, 15) is 4.79 Å². The number of piperidine rings is 2. The third-order valence-electron chi connectivity index (χ3n) is 5.91. The van der Waals surface area contributed by atoms with Crippen LogP contribution in [0.1, 0.15) is 31.2 Å². The molecule has 27 heavy (non-hydrogen) atoms. The summed E-state index contributed by atoms with van der Waals surface area (Å²) in [6.45, 7) is 7.03. The average Bonchev–Trinajstić information content (AvgIpc) is 2.69. The third kappa shape index (κ3) is 6.26. The summed E-state index contributed by atoms with van der Waals surface area (Å²) in [5.74, 6) is 0.410. The van der Waals surface area contributed by atoms with E-state index in [1.807, 2.05) is 26.5 Å². The molecule has 6 nitrogen and oxygen atoms in total. The van der Waals surface area contributed by atoms with Gasteiger partial charge in [-0.15, -0.1) is 0 Å². The van der Waals surface area contributed by atoms with Crippen molar-refractivity contribution in [3.63, 3.8) is 0 Å². The van der Waals surface area contributed by atoms with Crippen molar-refractivity contribution in [2.45, 2.75) is 38.3 Å². The highest BCUT2D eigenvalue weighted by Gasteiger charge is 2.31. The van der Waals surface area contributed by atoms with Gasteiger partial charge in [-0.3, -0.25) is 19.6 Å². The minimum atomic E-state index is 0.163. The van der Waals surface area contributed by atoms with E-state index in [0.717, 1.165) is 58.7 Å². The molecule has 0 saturated carbocycles. The van der Waals surface area contributed by atoms with Crippen molar-refractivity contribution in [2.75, 3.05) is 53.4 Å². The van der Waals surface area contributed by atoms with E-state index in [-0.39, 0.29) is 11.8 Å². The predicted octanol–water partition coefficient (Wildman–Crippen LogP) is 1.44. The number of nitrogens with one attached hydrogen (secondary N) is 1. The number of amides is 1. The van der Waals surface area contributed by atoms with E-state index in [1.54, 1.807) is 0 Å². The first-order valence-corrected chi connectivity index (χ1v) is 10.4. The van der Waals surface area contributed by atoms with Crippen LogP contribution in [0.3, 0.4) is 0 Å². The number of rotatable bonds is 7. The molecule has 1 amide bonds. The van der Waals surface area contributed by atoms with Crippen LogP contribution >= 0.6 is 0 Å². The van der Waals surface area contributed by atoms with Gasteiger partial charge in [0.2, 0.25) is 5.91 Å². The lowest BCUT2D eigenvalue weighted by molar-refractivity contribution is -0.127. The number of likely N-dealkylation sites (tertiary alicyclic amines) is 2. The van der Waals surface area contributed by atoms with Crippen LogP contribution < -0.4 is 5.32 Å². The minimum Gasteiger partial charge on any atom is -0.355 e. The van der Waals surface area contributed by atoms with Crippen molar-refractivity contribution < 1.29 is 4.79 Å². The number of likely N-dealkylation sites (N-methyl/N-ethyl adjacent to an activating group) is 1. The quantitative estimate of drug-likeness (QED) is 0.784. The smallest absolute Gasteiger partial charge is 0.224 e. The molecule has 0 bridgehead atoms. The summed E-state index contributed by atoms with van der Waals surface area (Å²) in [7, 11) is 4.07. The number of hydrogen-bond acceptors (Lipinski definition) is 5. The fourth-order valence-corrected chi connectivity index (χ4v) is 4.29. The first-order valence-electron chi connectivity index (χ1n) is 10.4. The van der Waals surface area contributed by atoms with Gasteiger partial charge in [-0.1, -0.05) is 0 Å². The fraction of sp³-hybridized carbons (Fsp3) is 0.714. The average molecular weight is 374 g/mol. The van der Waals surface area contributed by atoms with Gasteiger partial charge in [0.05, 0.1) is 5.92 Å². The van der Waals surface area contributed by atoms with Crippen LogP contribution in [0, 0.1) is 5.92 Å². The van der Waals surface area contributed by atoms with Gasteiger partial charge < -0.3 is 10.2 Å². The molecule has 0 spiro atoms. The Hall–Kier alpha value is -1.50. The summed E-state index contributed by atoms with van der Waals surface area (Å²) in [6.07, 6.45) is 8.34. The molecule has 6 heteroatoms. The lowest BCUT2D eigenvalue weighted by Gasteiger charge is -2.42. The van der Waals surface area contributed by atoms with Crippen molar-refractivity contribution in [1.82, 2.24) is 25.0 Å². The first-order chi connectivity index (χ1) is 13.1. The lowest BCUT2D eigenvalue weighted by Crippen LogP contribution is -2.51. The topological polar surface area (TPSA) is 51.7 Å². The van der Waals surface area contributed by atoms with Gasteiger partial charge in [0.1, 0.15) is 0 Å². The second kappa shape index (κ2) is 10.2. The Morgan fingerprint density at radius 1 is 1.19 bits per heavy atom. The number of aromatic nitrogens is 1. The van der Waals surface area contributed by atoms with Crippen molar-refractivity contribution >= 4 is 5.91 Å². The molecule has 1 N–H and O–H groups in total. The Kier molecular flexibility index (Phi) is 7.61.